The van der Waals surface area contributed by atoms with E-state index >= 15 is 0 Å². The summed E-state index contributed by atoms with van der Waals surface area (Å²) in [5, 5.41) is -0.271. The molecule has 0 aromatic heterocycles. The van der Waals surface area contributed by atoms with Gasteiger partial charge in [0, 0.05) is 17.4 Å². The van der Waals surface area contributed by atoms with Crippen LogP contribution in [0.3, 0.4) is 0 Å². The molecule has 1 rings (SSSR count). The smallest absolute Gasteiger partial charge is 0.243 e. The van der Waals surface area contributed by atoms with Crippen LogP contribution in [0.4, 0.5) is 0 Å². The molecule has 0 radical (unpaired) electrons. The van der Waals surface area contributed by atoms with E-state index in [1.807, 2.05) is 47.8 Å². The molecule has 5 heteroatoms. The zero-order chi connectivity index (χ0) is 17.0. The number of rotatable bonds is 5. The van der Waals surface area contributed by atoms with Gasteiger partial charge in [0.25, 0.3) is 0 Å². The fourth-order valence-electron chi connectivity index (χ4n) is 2.71. The summed E-state index contributed by atoms with van der Waals surface area (Å²) in [6.07, 6.45) is 2.59. The lowest BCUT2D eigenvalue weighted by atomic mass is 9.77. The van der Waals surface area contributed by atoms with E-state index < -0.39 is 11.0 Å². The summed E-state index contributed by atoms with van der Waals surface area (Å²) in [5.74, 6) is -0.184. The van der Waals surface area contributed by atoms with Crippen molar-refractivity contribution in [3.63, 3.8) is 0 Å². The minimum absolute atomic E-state index is 0.0705. The van der Waals surface area contributed by atoms with E-state index in [9.17, 15) is 14.4 Å². The van der Waals surface area contributed by atoms with Gasteiger partial charge in [-0.05, 0) is 33.4 Å². The third kappa shape index (κ3) is 4.56. The van der Waals surface area contributed by atoms with Crippen LogP contribution in [0.2, 0.25) is 0 Å². The van der Waals surface area contributed by atoms with Gasteiger partial charge < -0.3 is 0 Å². The average Bonchev–Trinajstić information content (AvgIpc) is 2.65. The molecule has 1 aliphatic rings. The first-order chi connectivity index (χ1) is 9.53. The summed E-state index contributed by atoms with van der Waals surface area (Å²) < 4.78 is 0. The lowest BCUT2D eigenvalue weighted by Gasteiger charge is -2.39. The molecular formula is C16H29NO3S. The van der Waals surface area contributed by atoms with Crippen molar-refractivity contribution in [2.45, 2.75) is 72.1 Å². The van der Waals surface area contributed by atoms with Crippen molar-refractivity contribution in [3.05, 3.63) is 0 Å². The topological polar surface area (TPSA) is 54.5 Å². The van der Waals surface area contributed by atoms with Gasteiger partial charge >= 0.3 is 0 Å². The summed E-state index contributed by atoms with van der Waals surface area (Å²) in [5.41, 5.74) is -1.17. The zero-order valence-electron chi connectivity index (χ0n) is 14.6. The number of Topliss-reactive ketones (excluding diaryl/α,β-unsaturated/α-hetero) is 1. The first-order valence-corrected chi connectivity index (χ1v) is 8.72. The largest absolute Gasteiger partial charge is 0.299 e. The van der Waals surface area contributed by atoms with E-state index in [1.165, 1.54) is 16.7 Å². The molecule has 2 amide bonds. The van der Waals surface area contributed by atoms with Crippen LogP contribution in [0.5, 0.6) is 0 Å². The number of thioether (sulfide) groups is 1. The van der Waals surface area contributed by atoms with Gasteiger partial charge in [-0.3, -0.25) is 19.3 Å². The predicted octanol–water partition coefficient (Wildman–Crippen LogP) is 3.29. The van der Waals surface area contributed by atoms with E-state index in [4.69, 9.17) is 0 Å². The Morgan fingerprint density at radius 2 is 1.71 bits per heavy atom. The van der Waals surface area contributed by atoms with E-state index in [2.05, 4.69) is 0 Å². The van der Waals surface area contributed by atoms with Crippen LogP contribution in [0.1, 0.15) is 61.3 Å². The third-order valence-electron chi connectivity index (χ3n) is 3.82. The maximum absolute atomic E-state index is 12.2. The van der Waals surface area contributed by atoms with E-state index in [0.29, 0.717) is 6.42 Å². The quantitative estimate of drug-likeness (QED) is 0.731. The van der Waals surface area contributed by atoms with Crippen molar-refractivity contribution in [2.75, 3.05) is 6.26 Å². The third-order valence-corrected chi connectivity index (χ3v) is 4.76. The molecule has 4 nitrogen and oxygen atoms in total. The van der Waals surface area contributed by atoms with Crippen LogP contribution in [-0.4, -0.2) is 39.5 Å². The van der Waals surface area contributed by atoms with Gasteiger partial charge in [0.1, 0.15) is 5.78 Å². The normalized spacial score (nSPS) is 19.4. The van der Waals surface area contributed by atoms with Crippen LogP contribution in [-0.2, 0) is 14.4 Å². The lowest BCUT2D eigenvalue weighted by molar-refractivity contribution is -0.147. The second-order valence-electron chi connectivity index (χ2n) is 6.43. The molecule has 21 heavy (non-hydrogen) atoms. The molecule has 1 saturated heterocycles. The number of hydrogen-bond acceptors (Lipinski definition) is 4. The highest BCUT2D eigenvalue weighted by Gasteiger charge is 2.47. The first kappa shape index (κ1) is 20.2. The van der Waals surface area contributed by atoms with Crippen molar-refractivity contribution in [1.29, 1.82) is 0 Å². The van der Waals surface area contributed by atoms with Crippen LogP contribution in [0.15, 0.2) is 0 Å². The maximum Gasteiger partial charge on any atom is 0.243 e. The minimum atomic E-state index is -0.631. The van der Waals surface area contributed by atoms with Crippen molar-refractivity contribution in [2.24, 2.45) is 5.41 Å². The summed E-state index contributed by atoms with van der Waals surface area (Å²) in [6.45, 7) is 13.0. The summed E-state index contributed by atoms with van der Waals surface area (Å²) in [7, 11) is 0. The molecule has 0 aromatic carbocycles. The Bertz CT molecular complexity index is 416. The number of imide groups is 1. The molecule has 0 aromatic rings. The molecule has 122 valence electrons. The number of ketones is 1. The second kappa shape index (κ2) is 7.43. The van der Waals surface area contributed by atoms with E-state index in [1.54, 1.807) is 6.92 Å². The van der Waals surface area contributed by atoms with E-state index in [-0.39, 0.29) is 29.3 Å². The Morgan fingerprint density at radius 3 is 2.05 bits per heavy atom. The molecular weight excluding hydrogens is 286 g/mol. The monoisotopic (exact) mass is 315 g/mol. The number of hydrogen-bond donors (Lipinski definition) is 0. The van der Waals surface area contributed by atoms with Crippen LogP contribution in [0, 0.1) is 5.41 Å². The molecule has 0 N–H and O–H groups in total. The molecule has 1 aliphatic heterocycles. The summed E-state index contributed by atoms with van der Waals surface area (Å²) >= 11 is 1.41. The Labute approximate surface area is 133 Å². The fraction of sp³-hybridized carbons (Fsp3) is 0.812. The van der Waals surface area contributed by atoms with Crippen molar-refractivity contribution in [1.82, 2.24) is 4.90 Å². The van der Waals surface area contributed by atoms with Gasteiger partial charge in [0.15, 0.2) is 0 Å². The molecule has 1 heterocycles. The van der Waals surface area contributed by atoms with Crippen molar-refractivity contribution >= 4 is 29.4 Å². The first-order valence-electron chi connectivity index (χ1n) is 7.43. The number of nitrogens with zero attached hydrogens (tertiary/aromatic N) is 1. The van der Waals surface area contributed by atoms with Gasteiger partial charge in [0.2, 0.25) is 11.8 Å². The predicted molar refractivity (Wildman–Crippen MR) is 88.3 cm³/mol. The number of likely N-dealkylation sites (tertiary alicyclic amines) is 1. The summed E-state index contributed by atoms with van der Waals surface area (Å²) in [6, 6.07) is 0. The van der Waals surface area contributed by atoms with Gasteiger partial charge in [-0.25, -0.2) is 0 Å². The second-order valence-corrected chi connectivity index (χ2v) is 7.47. The van der Waals surface area contributed by atoms with Crippen LogP contribution < -0.4 is 0 Å². The molecule has 0 bridgehead atoms. The summed E-state index contributed by atoms with van der Waals surface area (Å²) in [4.78, 5) is 37.3. The Morgan fingerprint density at radius 1 is 1.24 bits per heavy atom. The highest BCUT2D eigenvalue weighted by molar-refractivity contribution is 8.00. The van der Waals surface area contributed by atoms with Crippen LogP contribution >= 0.6 is 11.8 Å². The van der Waals surface area contributed by atoms with Crippen molar-refractivity contribution in [3.8, 4) is 0 Å². The standard InChI is InChI=1S/C14H23NO3S.C2H6/c1-9(16)13(2,3)8-14(4,5)15-11(17)7-10(19-6)12(15)18;1-2/h10H,7-8H2,1-6H3;1-2H3. The average molecular weight is 315 g/mol. The molecule has 0 saturated carbocycles. The molecule has 1 atom stereocenters. The highest BCUT2D eigenvalue weighted by atomic mass is 32.2. The zero-order valence-corrected chi connectivity index (χ0v) is 15.4. The minimum Gasteiger partial charge on any atom is -0.299 e. The number of carbonyl (C=O) groups is 3. The van der Waals surface area contributed by atoms with Crippen LogP contribution in [0.25, 0.3) is 0 Å². The number of carbonyl (C=O) groups excluding carboxylic acids is 3. The van der Waals surface area contributed by atoms with Gasteiger partial charge in [-0.2, -0.15) is 11.8 Å². The lowest BCUT2D eigenvalue weighted by Crippen LogP contribution is -2.51. The van der Waals surface area contributed by atoms with E-state index in [0.717, 1.165) is 0 Å². The molecule has 1 unspecified atom stereocenters. The molecule has 1 fully saturated rings. The molecule has 0 aliphatic carbocycles. The maximum atomic E-state index is 12.2. The Balaban J connectivity index is 0.00000191. The van der Waals surface area contributed by atoms with Gasteiger partial charge in [0.05, 0.1) is 5.25 Å². The highest BCUT2D eigenvalue weighted by Crippen LogP contribution is 2.37. The SMILES string of the molecule is CC.CSC1CC(=O)N(C(C)(C)CC(C)(C)C(C)=O)C1=O. The van der Waals surface area contributed by atoms with Gasteiger partial charge in [-0.1, -0.05) is 27.7 Å². The number of amides is 2. The fourth-order valence-corrected chi connectivity index (χ4v) is 3.33. The Kier molecular flexibility index (Phi) is 7.13. The van der Waals surface area contributed by atoms with Crippen molar-refractivity contribution < 1.29 is 14.4 Å². The van der Waals surface area contributed by atoms with Gasteiger partial charge in [-0.15, -0.1) is 0 Å². The molecule has 0 spiro atoms. The Hall–Kier alpha value is -0.840.